The first-order valence-electron chi connectivity index (χ1n) is 6.34. The number of rotatable bonds is 8. The summed E-state index contributed by atoms with van der Waals surface area (Å²) in [5.41, 5.74) is 1.46. The van der Waals surface area contributed by atoms with Gasteiger partial charge in [0.05, 0.1) is 0 Å². The van der Waals surface area contributed by atoms with Crippen LogP contribution >= 0.6 is 8.35 Å². The highest BCUT2D eigenvalue weighted by Gasteiger charge is 1.99. The van der Waals surface area contributed by atoms with Gasteiger partial charge in [-0.15, -0.1) is 0 Å². The van der Waals surface area contributed by atoms with Crippen LogP contribution in [0.3, 0.4) is 0 Å². The van der Waals surface area contributed by atoms with E-state index >= 15 is 0 Å². The number of hydrogen-bond donors (Lipinski definition) is 1. The minimum atomic E-state index is 1.30. The summed E-state index contributed by atoms with van der Waals surface area (Å²) in [5.74, 6) is 0. The molecule has 0 saturated carbocycles. The molecule has 2 heteroatoms. The Kier molecular flexibility index (Phi) is 6.76. The van der Waals surface area contributed by atoms with E-state index in [0.29, 0.717) is 0 Å². The Morgan fingerprint density at radius 2 is 1.73 bits per heavy atom. The Bertz CT molecular complexity index is 255. The van der Waals surface area contributed by atoms with Gasteiger partial charge in [-0.25, -0.2) is 0 Å². The zero-order chi connectivity index (χ0) is 10.9. The highest BCUT2D eigenvalue weighted by Crippen LogP contribution is 2.20. The van der Waals surface area contributed by atoms with Crippen LogP contribution in [-0.2, 0) is 6.42 Å². The summed E-state index contributed by atoms with van der Waals surface area (Å²) < 4.78 is 3.26. The molecule has 1 nitrogen and oxygen atoms in total. The summed E-state index contributed by atoms with van der Waals surface area (Å²) in [5, 5.41) is 1.60. The summed E-state index contributed by atoms with van der Waals surface area (Å²) in [6.45, 7) is 4.49. The van der Waals surface area contributed by atoms with Gasteiger partial charge in [0.1, 0.15) is 0 Å². The average molecular weight is 225 g/mol. The van der Waals surface area contributed by atoms with Crippen LogP contribution in [0.25, 0.3) is 0 Å². The molecule has 0 radical (unpaired) electrons. The van der Waals surface area contributed by atoms with E-state index in [-0.39, 0.29) is 0 Å². The van der Waals surface area contributed by atoms with Crippen molar-refractivity contribution in [2.24, 2.45) is 0 Å². The fourth-order valence-electron chi connectivity index (χ4n) is 1.88. The number of H-pyrrole nitrogens is 1. The van der Waals surface area contributed by atoms with Gasteiger partial charge in [0.15, 0.2) is 0 Å². The van der Waals surface area contributed by atoms with Crippen LogP contribution in [0.5, 0.6) is 0 Å². The van der Waals surface area contributed by atoms with Crippen molar-refractivity contribution < 1.29 is 0 Å². The lowest BCUT2D eigenvalue weighted by Gasteiger charge is -2.01. The van der Waals surface area contributed by atoms with Crippen molar-refractivity contribution in [3.8, 4) is 0 Å². The molecule has 0 bridgehead atoms. The fourth-order valence-corrected chi connectivity index (χ4v) is 2.81. The van der Waals surface area contributed by atoms with Gasteiger partial charge < -0.3 is 4.75 Å². The number of hydrogen-bond acceptors (Lipinski definition) is 0. The number of aryl methyl sites for hydroxylation is 2. The van der Waals surface area contributed by atoms with Gasteiger partial charge in [-0.1, -0.05) is 45.4 Å². The Morgan fingerprint density at radius 1 is 1.07 bits per heavy atom. The lowest BCUT2D eigenvalue weighted by Crippen LogP contribution is -1.84. The molecule has 0 amide bonds. The Labute approximate surface area is 95.8 Å². The summed E-state index contributed by atoms with van der Waals surface area (Å²) >= 11 is 0. The van der Waals surface area contributed by atoms with Gasteiger partial charge in [-0.3, -0.25) is 0 Å². The zero-order valence-electron chi connectivity index (χ0n) is 10.2. The van der Waals surface area contributed by atoms with Crippen LogP contribution in [0, 0.1) is 6.92 Å². The van der Waals surface area contributed by atoms with Crippen LogP contribution in [0.15, 0.2) is 6.20 Å². The van der Waals surface area contributed by atoms with Gasteiger partial charge in [-0.2, -0.15) is 0 Å². The first kappa shape index (κ1) is 12.8. The maximum Gasteiger partial charge on any atom is 0.0141 e. The maximum absolute atomic E-state index is 3.26. The molecule has 0 aliphatic rings. The van der Waals surface area contributed by atoms with Crippen LogP contribution in [0.1, 0.15) is 62.7 Å². The molecule has 1 aromatic heterocycles. The van der Waals surface area contributed by atoms with E-state index in [0.717, 1.165) is 0 Å². The molecule has 86 valence electrons. The van der Waals surface area contributed by atoms with Crippen molar-refractivity contribution in [3.63, 3.8) is 0 Å². The smallest absolute Gasteiger partial charge is 0.0141 e. The minimum Gasteiger partial charge on any atom is -0.344 e. The van der Waals surface area contributed by atoms with Gasteiger partial charge in [0.2, 0.25) is 0 Å². The molecule has 0 fully saturated rings. The normalized spacial score (nSPS) is 11.3. The molecular weight excluding hydrogens is 201 g/mol. The number of nitrogens with one attached hydrogen (secondary N) is 1. The van der Waals surface area contributed by atoms with Gasteiger partial charge in [-0.05, 0) is 25.3 Å². The molecule has 0 saturated heterocycles. The van der Waals surface area contributed by atoms with Crippen molar-refractivity contribution in [3.05, 3.63) is 17.1 Å². The summed E-state index contributed by atoms with van der Waals surface area (Å²) in [6, 6.07) is 0. The quantitative estimate of drug-likeness (QED) is 0.585. The van der Waals surface area contributed by atoms with Crippen molar-refractivity contribution in [1.29, 1.82) is 0 Å². The molecule has 0 atom stereocenters. The van der Waals surface area contributed by atoms with Gasteiger partial charge in [0, 0.05) is 19.8 Å². The second kappa shape index (κ2) is 7.93. The third-order valence-electron chi connectivity index (χ3n) is 2.95. The third kappa shape index (κ3) is 5.37. The molecule has 0 aliphatic heterocycles. The first-order chi connectivity index (χ1) is 7.34. The minimum absolute atomic E-state index is 1.30. The van der Waals surface area contributed by atoms with E-state index in [1.165, 1.54) is 65.3 Å². The lowest BCUT2D eigenvalue weighted by molar-refractivity contribution is 0.590. The molecule has 1 rings (SSSR count). The van der Waals surface area contributed by atoms with E-state index in [1.54, 1.807) is 5.30 Å². The molecule has 15 heavy (non-hydrogen) atoms. The molecule has 0 aliphatic carbocycles. The van der Waals surface area contributed by atoms with E-state index in [4.69, 9.17) is 0 Å². The molecule has 0 spiro atoms. The molecule has 1 N–H and O–H groups in total. The van der Waals surface area contributed by atoms with Crippen molar-refractivity contribution >= 4 is 8.35 Å². The van der Waals surface area contributed by atoms with Crippen molar-refractivity contribution in [2.75, 3.05) is 0 Å². The number of aromatic nitrogens is 1. The second-order valence-corrected chi connectivity index (χ2v) is 5.41. The monoisotopic (exact) mass is 225 g/mol. The number of aromatic amines is 1. The van der Waals surface area contributed by atoms with E-state index in [1.807, 2.05) is 0 Å². The van der Waals surface area contributed by atoms with Crippen LogP contribution in [0.4, 0.5) is 0 Å². The van der Waals surface area contributed by atoms with Crippen LogP contribution in [-0.4, -0.2) is 4.75 Å². The van der Waals surface area contributed by atoms with Crippen LogP contribution < -0.4 is 0 Å². The molecular formula is C13H24NP. The van der Waals surface area contributed by atoms with Crippen molar-refractivity contribution in [2.45, 2.75) is 65.2 Å². The Hall–Kier alpha value is -0.290. The molecule has 1 aromatic rings. The highest BCUT2D eigenvalue weighted by molar-refractivity contribution is 7.26. The predicted octanol–water partition coefficient (Wildman–Crippen LogP) is 5.20. The van der Waals surface area contributed by atoms with Gasteiger partial charge in [0.25, 0.3) is 0 Å². The topological polar surface area (TPSA) is 15.8 Å². The second-order valence-electron chi connectivity index (χ2n) is 4.39. The zero-order valence-corrected chi connectivity index (χ0v) is 11.1. The average Bonchev–Trinajstić information content (AvgIpc) is 2.63. The Balaban J connectivity index is 1.96. The Morgan fingerprint density at radius 3 is 2.33 bits per heavy atom. The molecule has 1 heterocycles. The molecule has 0 unspecified atom stereocenters. The summed E-state index contributed by atoms with van der Waals surface area (Å²) in [4.78, 5) is 0. The highest BCUT2D eigenvalue weighted by atomic mass is 31.0. The van der Waals surface area contributed by atoms with E-state index in [9.17, 15) is 0 Å². The SMILES string of the molecule is CCCCCCCCCc1p[nH]cc1C. The lowest BCUT2D eigenvalue weighted by atomic mass is 10.1. The first-order valence-corrected chi connectivity index (χ1v) is 7.23. The maximum atomic E-state index is 3.26. The molecule has 0 aromatic carbocycles. The number of unbranched alkanes of at least 4 members (excludes halogenated alkanes) is 6. The largest absolute Gasteiger partial charge is 0.344 e. The van der Waals surface area contributed by atoms with Crippen molar-refractivity contribution in [1.82, 2.24) is 4.75 Å². The van der Waals surface area contributed by atoms with Gasteiger partial charge >= 0.3 is 0 Å². The van der Waals surface area contributed by atoms with E-state index in [2.05, 4.69) is 24.8 Å². The van der Waals surface area contributed by atoms with E-state index < -0.39 is 0 Å². The standard InChI is InChI=1S/C13H24NP/c1-3-4-5-6-7-8-9-10-13-12(2)11-14-15-13/h11,14H,3-10H2,1-2H3. The summed E-state index contributed by atoms with van der Waals surface area (Å²) in [7, 11) is 1.33. The van der Waals surface area contributed by atoms with Crippen LogP contribution in [0.2, 0.25) is 0 Å². The summed E-state index contributed by atoms with van der Waals surface area (Å²) in [6.07, 6.45) is 13.3. The fraction of sp³-hybridized carbons (Fsp3) is 0.769. The third-order valence-corrected chi connectivity index (χ3v) is 4.06. The predicted molar refractivity (Wildman–Crippen MR) is 69.7 cm³/mol.